The van der Waals surface area contributed by atoms with Crippen LogP contribution in [0.25, 0.3) is 0 Å². The molecule has 7 heteroatoms. The zero-order valence-corrected chi connectivity index (χ0v) is 35.4. The molecular formula is C46H60O5Si2. The summed E-state index contributed by atoms with van der Waals surface area (Å²) < 4.78 is 28.3. The van der Waals surface area contributed by atoms with Gasteiger partial charge in [0, 0.05) is 6.92 Å². The number of carbonyl (C=O) groups is 1. The highest BCUT2D eigenvalue weighted by molar-refractivity contribution is 6.76. The molecule has 0 spiro atoms. The number of benzene rings is 4. The topological polar surface area (TPSA) is 54.0 Å². The van der Waals surface area contributed by atoms with E-state index in [-0.39, 0.29) is 22.7 Å². The number of esters is 1. The van der Waals surface area contributed by atoms with Gasteiger partial charge in [-0.25, -0.2) is 0 Å². The molecular weight excluding hydrogens is 689 g/mol. The van der Waals surface area contributed by atoms with Gasteiger partial charge in [0.05, 0.1) is 12.9 Å². The van der Waals surface area contributed by atoms with Gasteiger partial charge in [-0.05, 0) is 76.4 Å². The largest absolute Gasteiger partial charge is 0.492 e. The van der Waals surface area contributed by atoms with E-state index in [0.717, 1.165) is 24.2 Å². The van der Waals surface area contributed by atoms with Gasteiger partial charge in [0.1, 0.15) is 5.60 Å². The highest BCUT2D eigenvalue weighted by Crippen LogP contribution is 2.49. The summed E-state index contributed by atoms with van der Waals surface area (Å²) in [7, 11) is -5.50. The van der Waals surface area contributed by atoms with Crippen molar-refractivity contribution >= 4 is 22.6 Å². The summed E-state index contributed by atoms with van der Waals surface area (Å²) in [6.07, 6.45) is 3.10. The Hall–Kier alpha value is -3.76. The average molecular weight is 749 g/mol. The van der Waals surface area contributed by atoms with Crippen molar-refractivity contribution in [3.05, 3.63) is 156 Å². The van der Waals surface area contributed by atoms with E-state index in [0.29, 0.717) is 0 Å². The van der Waals surface area contributed by atoms with Gasteiger partial charge in [-0.3, -0.25) is 4.79 Å². The first-order valence-corrected chi connectivity index (χ1v) is 23.7. The molecule has 0 saturated carbocycles. The Morgan fingerprint density at radius 1 is 0.623 bits per heavy atom. The Labute approximate surface area is 321 Å². The van der Waals surface area contributed by atoms with Crippen LogP contribution in [0.5, 0.6) is 0 Å². The molecule has 4 aromatic rings. The minimum absolute atomic E-state index is 0.138. The molecule has 53 heavy (non-hydrogen) atoms. The zero-order chi connectivity index (χ0) is 38.4. The first-order chi connectivity index (χ1) is 25.0. The molecule has 282 valence electrons. The number of rotatable bonds is 14. The second kappa shape index (κ2) is 16.3. The molecule has 0 saturated heterocycles. The van der Waals surface area contributed by atoms with Gasteiger partial charge >= 0.3 is 5.97 Å². The molecule has 0 radical (unpaired) electrons. The van der Waals surface area contributed by atoms with Crippen LogP contribution in [0, 0.1) is 0 Å². The van der Waals surface area contributed by atoms with E-state index in [4.69, 9.17) is 18.3 Å². The molecule has 5 rings (SSSR count). The van der Waals surface area contributed by atoms with Crippen LogP contribution in [-0.2, 0) is 47.3 Å². The standard InChI is InChI=1S/C46H60O5Si2/c1-37(47)50-46(9)42(32-49-52(43(2,3)4,33-38-22-14-10-15-23-38)34-39-24-16-11-17-25-39)48-31-30-45(46,8)51-53(44(5,6)7,35-40-26-18-12-19-27-40)36-41-28-20-13-21-29-41/h10-31,42H,32-36H2,1-9H3/t42?,45-,46-/m1/s1. The summed E-state index contributed by atoms with van der Waals surface area (Å²) in [4.78, 5) is 13.2. The van der Waals surface area contributed by atoms with Crippen LogP contribution >= 0.6 is 0 Å². The zero-order valence-electron chi connectivity index (χ0n) is 33.4. The molecule has 0 N–H and O–H groups in total. The van der Waals surface area contributed by atoms with Crippen LogP contribution in [0.3, 0.4) is 0 Å². The van der Waals surface area contributed by atoms with Crippen molar-refractivity contribution in [3.63, 3.8) is 0 Å². The van der Waals surface area contributed by atoms with E-state index in [2.05, 4.69) is 170 Å². The molecule has 1 heterocycles. The summed E-state index contributed by atoms with van der Waals surface area (Å²) in [5.41, 5.74) is 2.75. The van der Waals surface area contributed by atoms with Crippen molar-refractivity contribution in [3.8, 4) is 0 Å². The third-order valence-electron chi connectivity index (χ3n) is 11.6. The van der Waals surface area contributed by atoms with Crippen LogP contribution in [0.1, 0.15) is 84.6 Å². The fourth-order valence-electron chi connectivity index (χ4n) is 7.75. The van der Waals surface area contributed by atoms with Gasteiger partial charge in [0.25, 0.3) is 0 Å². The van der Waals surface area contributed by atoms with Crippen LogP contribution in [-0.4, -0.2) is 46.5 Å². The predicted molar refractivity (Wildman–Crippen MR) is 221 cm³/mol. The monoisotopic (exact) mass is 748 g/mol. The lowest BCUT2D eigenvalue weighted by Crippen LogP contribution is -2.69. The Morgan fingerprint density at radius 3 is 1.32 bits per heavy atom. The maximum atomic E-state index is 13.2. The molecule has 0 aromatic heterocycles. The lowest BCUT2D eigenvalue weighted by Gasteiger charge is -2.56. The maximum Gasteiger partial charge on any atom is 0.303 e. The van der Waals surface area contributed by atoms with Crippen molar-refractivity contribution < 1.29 is 23.1 Å². The molecule has 5 nitrogen and oxygen atoms in total. The Balaban J connectivity index is 1.58. The Bertz CT molecular complexity index is 1700. The number of carbonyl (C=O) groups excluding carboxylic acids is 1. The molecule has 3 atom stereocenters. The van der Waals surface area contributed by atoms with Gasteiger partial charge in [-0.15, -0.1) is 0 Å². The minimum Gasteiger partial charge on any atom is -0.492 e. The quantitative estimate of drug-likeness (QED) is 0.0949. The fourth-order valence-corrected chi connectivity index (χ4v) is 16.3. The summed E-state index contributed by atoms with van der Waals surface area (Å²) in [5.74, 6) is -0.381. The maximum absolute atomic E-state index is 13.2. The third kappa shape index (κ3) is 9.31. The van der Waals surface area contributed by atoms with Crippen LogP contribution in [0.2, 0.25) is 10.1 Å². The summed E-state index contributed by atoms with van der Waals surface area (Å²) >= 11 is 0. The molecule has 0 fully saturated rings. The number of hydrogen-bond acceptors (Lipinski definition) is 5. The van der Waals surface area contributed by atoms with Crippen molar-refractivity contribution in [1.82, 2.24) is 0 Å². The third-order valence-corrected chi connectivity index (χ3v) is 22.5. The lowest BCUT2D eigenvalue weighted by molar-refractivity contribution is -0.212. The summed E-state index contributed by atoms with van der Waals surface area (Å²) in [6.45, 7) is 19.6. The minimum atomic E-state index is -2.83. The molecule has 0 bridgehead atoms. The van der Waals surface area contributed by atoms with Crippen molar-refractivity contribution in [2.75, 3.05) is 6.61 Å². The molecule has 0 amide bonds. The normalized spacial score (nSPS) is 20.8. The van der Waals surface area contributed by atoms with E-state index in [1.54, 1.807) is 6.26 Å². The molecule has 4 aromatic carbocycles. The highest BCUT2D eigenvalue weighted by Gasteiger charge is 2.61. The van der Waals surface area contributed by atoms with E-state index in [9.17, 15) is 4.79 Å². The Kier molecular flexibility index (Phi) is 12.4. The van der Waals surface area contributed by atoms with Crippen LogP contribution in [0.15, 0.2) is 134 Å². The summed E-state index contributed by atoms with van der Waals surface area (Å²) in [6, 6.07) is 45.9. The van der Waals surface area contributed by atoms with Crippen LogP contribution in [0.4, 0.5) is 0 Å². The van der Waals surface area contributed by atoms with Gasteiger partial charge in [-0.1, -0.05) is 163 Å². The summed E-state index contributed by atoms with van der Waals surface area (Å²) in [5, 5.41) is -0.336. The Morgan fingerprint density at radius 2 is 0.981 bits per heavy atom. The van der Waals surface area contributed by atoms with E-state index < -0.39 is 33.9 Å². The second-order valence-electron chi connectivity index (χ2n) is 17.3. The van der Waals surface area contributed by atoms with Crippen molar-refractivity contribution in [1.29, 1.82) is 0 Å². The van der Waals surface area contributed by atoms with Crippen molar-refractivity contribution in [2.24, 2.45) is 0 Å². The average Bonchev–Trinajstić information content (AvgIpc) is 3.09. The van der Waals surface area contributed by atoms with Gasteiger partial charge in [0.2, 0.25) is 16.6 Å². The van der Waals surface area contributed by atoms with Crippen molar-refractivity contribution in [2.45, 2.75) is 114 Å². The second-order valence-corrected chi connectivity index (χ2v) is 26.2. The first-order valence-electron chi connectivity index (χ1n) is 19.0. The molecule has 1 aliphatic heterocycles. The molecule has 0 aliphatic carbocycles. The SMILES string of the molecule is CC(=O)O[C@]1(C)C(CO[Si](Cc2ccccc2)(Cc2ccccc2)C(C)(C)C)OC=C[C@@]1(C)O[Si](Cc1ccccc1)(Cc1ccccc1)C(C)(C)C. The van der Waals surface area contributed by atoms with E-state index in [1.165, 1.54) is 29.2 Å². The number of hydrogen-bond donors (Lipinski definition) is 0. The van der Waals surface area contributed by atoms with E-state index >= 15 is 0 Å². The molecule has 1 aliphatic rings. The van der Waals surface area contributed by atoms with Gasteiger partial charge in [-0.2, -0.15) is 0 Å². The highest BCUT2D eigenvalue weighted by atomic mass is 28.4. The van der Waals surface area contributed by atoms with Gasteiger partial charge in [0.15, 0.2) is 11.7 Å². The molecule has 1 unspecified atom stereocenters. The van der Waals surface area contributed by atoms with E-state index in [1.807, 2.05) is 13.0 Å². The number of ether oxygens (including phenoxy) is 2. The lowest BCUT2D eigenvalue weighted by atomic mass is 9.79. The van der Waals surface area contributed by atoms with Gasteiger partial charge < -0.3 is 18.3 Å². The first kappa shape index (κ1) is 40.4. The smallest absolute Gasteiger partial charge is 0.303 e. The van der Waals surface area contributed by atoms with Crippen LogP contribution < -0.4 is 0 Å². The fraction of sp³-hybridized carbons (Fsp3) is 0.413. The predicted octanol–water partition coefficient (Wildman–Crippen LogP) is 10.6.